The molecule has 0 fully saturated rings. The van der Waals surface area contributed by atoms with Crippen LogP contribution in [0.1, 0.15) is 16.1 Å². The Kier molecular flexibility index (Phi) is 6.51. The smallest absolute Gasteiger partial charge is 0.253 e. The first-order valence-corrected chi connectivity index (χ1v) is 9.99. The lowest BCUT2D eigenvalue weighted by Gasteiger charge is -2.22. The molecule has 27 heavy (non-hydrogen) atoms. The van der Waals surface area contributed by atoms with E-state index in [-0.39, 0.29) is 19.0 Å². The van der Waals surface area contributed by atoms with Crippen molar-refractivity contribution in [1.82, 2.24) is 15.2 Å². The van der Waals surface area contributed by atoms with Crippen LogP contribution < -0.4 is 9.62 Å². The van der Waals surface area contributed by atoms with Gasteiger partial charge in [-0.25, -0.2) is 8.42 Å². The second kappa shape index (κ2) is 8.63. The highest BCUT2D eigenvalue weighted by Gasteiger charge is 2.21. The number of benzene rings is 1. The van der Waals surface area contributed by atoms with Gasteiger partial charge in [-0.3, -0.25) is 18.9 Å². The van der Waals surface area contributed by atoms with Crippen LogP contribution in [-0.4, -0.2) is 57.0 Å². The molecule has 8 nitrogen and oxygen atoms in total. The second-order valence-electron chi connectivity index (χ2n) is 6.11. The average Bonchev–Trinajstić information content (AvgIpc) is 2.64. The molecular weight excluding hydrogens is 368 g/mol. The van der Waals surface area contributed by atoms with Crippen LogP contribution in [0, 0.1) is 0 Å². The van der Waals surface area contributed by atoms with Gasteiger partial charge in [-0.15, -0.1) is 0 Å². The minimum Gasteiger partial charge on any atom is -0.349 e. The third-order valence-corrected chi connectivity index (χ3v) is 4.83. The third kappa shape index (κ3) is 5.78. The largest absolute Gasteiger partial charge is 0.349 e. The Bertz CT molecular complexity index is 897. The van der Waals surface area contributed by atoms with Gasteiger partial charge in [-0.05, 0) is 36.4 Å². The Morgan fingerprint density at radius 1 is 1.07 bits per heavy atom. The maximum atomic E-state index is 12.2. The predicted octanol–water partition coefficient (Wildman–Crippen LogP) is 0.866. The molecule has 0 unspecified atom stereocenters. The molecule has 0 radical (unpaired) electrons. The summed E-state index contributed by atoms with van der Waals surface area (Å²) < 4.78 is 25.2. The zero-order chi connectivity index (χ0) is 20.0. The lowest BCUT2D eigenvalue weighted by atomic mass is 10.2. The molecule has 2 amide bonds. The average molecular weight is 390 g/mol. The van der Waals surface area contributed by atoms with E-state index in [1.54, 1.807) is 38.5 Å². The first kappa shape index (κ1) is 20.4. The summed E-state index contributed by atoms with van der Waals surface area (Å²) in [6, 6.07) is 11.4. The standard InChI is InChI=1S/C18H22N4O4S/c1-21(2)18(24)14-7-9-16(10-8-14)22(27(3,25)26)13-17(23)20-12-15-6-4-5-11-19-15/h4-11H,12-13H2,1-3H3,(H,20,23). The molecule has 144 valence electrons. The van der Waals surface area contributed by atoms with Crippen LogP contribution in [0.5, 0.6) is 0 Å². The van der Waals surface area contributed by atoms with E-state index in [4.69, 9.17) is 0 Å². The SMILES string of the molecule is CN(C)C(=O)c1ccc(N(CC(=O)NCc2ccccn2)S(C)(=O)=O)cc1. The lowest BCUT2D eigenvalue weighted by molar-refractivity contribution is -0.119. The molecule has 1 heterocycles. The fourth-order valence-electron chi connectivity index (χ4n) is 2.31. The summed E-state index contributed by atoms with van der Waals surface area (Å²) in [4.78, 5) is 29.7. The van der Waals surface area contributed by atoms with Crippen LogP contribution in [0.15, 0.2) is 48.7 Å². The summed E-state index contributed by atoms with van der Waals surface area (Å²) >= 11 is 0. The summed E-state index contributed by atoms with van der Waals surface area (Å²) in [5.74, 6) is -0.653. The zero-order valence-corrected chi connectivity index (χ0v) is 16.2. The number of carbonyl (C=O) groups is 2. The second-order valence-corrected chi connectivity index (χ2v) is 8.02. The molecule has 1 N–H and O–H groups in total. The van der Waals surface area contributed by atoms with Gasteiger partial charge in [-0.2, -0.15) is 0 Å². The van der Waals surface area contributed by atoms with E-state index < -0.39 is 15.9 Å². The molecule has 2 rings (SSSR count). The van der Waals surface area contributed by atoms with E-state index in [1.165, 1.54) is 29.2 Å². The molecule has 1 aromatic heterocycles. The fraction of sp³-hybridized carbons (Fsp3) is 0.278. The predicted molar refractivity (Wildman–Crippen MR) is 103 cm³/mol. The number of anilines is 1. The van der Waals surface area contributed by atoms with Crippen LogP contribution in [0.25, 0.3) is 0 Å². The Balaban J connectivity index is 2.11. The van der Waals surface area contributed by atoms with Gasteiger partial charge in [0.1, 0.15) is 6.54 Å². The van der Waals surface area contributed by atoms with Crippen molar-refractivity contribution in [3.05, 3.63) is 59.9 Å². The van der Waals surface area contributed by atoms with E-state index >= 15 is 0 Å². The highest BCUT2D eigenvalue weighted by Crippen LogP contribution is 2.18. The van der Waals surface area contributed by atoms with Crippen molar-refractivity contribution in [3.63, 3.8) is 0 Å². The van der Waals surface area contributed by atoms with Crippen molar-refractivity contribution in [1.29, 1.82) is 0 Å². The van der Waals surface area contributed by atoms with E-state index in [9.17, 15) is 18.0 Å². The van der Waals surface area contributed by atoms with Gasteiger partial charge >= 0.3 is 0 Å². The highest BCUT2D eigenvalue weighted by molar-refractivity contribution is 7.92. The summed E-state index contributed by atoms with van der Waals surface area (Å²) in [6.45, 7) is -0.166. The number of nitrogens with zero attached hydrogens (tertiary/aromatic N) is 3. The van der Waals surface area contributed by atoms with Crippen LogP contribution in [0.3, 0.4) is 0 Å². The van der Waals surface area contributed by atoms with E-state index in [1.807, 2.05) is 0 Å². The molecule has 0 aliphatic carbocycles. The highest BCUT2D eigenvalue weighted by atomic mass is 32.2. The third-order valence-electron chi connectivity index (χ3n) is 3.69. The number of rotatable bonds is 7. The van der Waals surface area contributed by atoms with Crippen LogP contribution in [0.2, 0.25) is 0 Å². The number of hydrogen-bond acceptors (Lipinski definition) is 5. The number of amides is 2. The number of sulfonamides is 1. The monoisotopic (exact) mass is 390 g/mol. The molecule has 0 atom stereocenters. The summed E-state index contributed by atoms with van der Waals surface area (Å²) in [6.07, 6.45) is 2.64. The van der Waals surface area contributed by atoms with Crippen LogP contribution in [-0.2, 0) is 21.4 Å². The van der Waals surface area contributed by atoms with Crippen molar-refractivity contribution in [2.24, 2.45) is 0 Å². The number of aromatic nitrogens is 1. The van der Waals surface area contributed by atoms with E-state index in [0.717, 1.165) is 10.6 Å². The van der Waals surface area contributed by atoms with Crippen LogP contribution in [0.4, 0.5) is 5.69 Å². The minimum atomic E-state index is -3.68. The Morgan fingerprint density at radius 3 is 2.26 bits per heavy atom. The first-order chi connectivity index (χ1) is 12.7. The zero-order valence-electron chi connectivity index (χ0n) is 15.4. The molecule has 0 aliphatic heterocycles. The van der Waals surface area contributed by atoms with E-state index in [0.29, 0.717) is 16.9 Å². The molecule has 0 spiro atoms. The van der Waals surface area contributed by atoms with Gasteiger partial charge in [0.2, 0.25) is 15.9 Å². The maximum Gasteiger partial charge on any atom is 0.253 e. The summed E-state index contributed by atoms with van der Waals surface area (Å²) in [7, 11) is -0.424. The van der Waals surface area contributed by atoms with Crippen LogP contribution >= 0.6 is 0 Å². The number of hydrogen-bond donors (Lipinski definition) is 1. The maximum absolute atomic E-state index is 12.2. The molecule has 0 aliphatic rings. The molecular formula is C18H22N4O4S. The lowest BCUT2D eigenvalue weighted by Crippen LogP contribution is -2.40. The molecule has 9 heteroatoms. The summed E-state index contributed by atoms with van der Waals surface area (Å²) in [5.41, 5.74) is 1.40. The molecule has 0 bridgehead atoms. The Hall–Kier alpha value is -2.94. The number of nitrogens with one attached hydrogen (secondary N) is 1. The molecule has 1 aromatic carbocycles. The molecule has 0 saturated heterocycles. The van der Waals surface area contributed by atoms with Crippen molar-refractivity contribution < 1.29 is 18.0 Å². The van der Waals surface area contributed by atoms with E-state index in [2.05, 4.69) is 10.3 Å². The van der Waals surface area contributed by atoms with Crippen molar-refractivity contribution in [3.8, 4) is 0 Å². The molecule has 2 aromatic rings. The van der Waals surface area contributed by atoms with Gasteiger partial charge in [0, 0.05) is 25.9 Å². The summed E-state index contributed by atoms with van der Waals surface area (Å²) in [5, 5.41) is 2.65. The van der Waals surface area contributed by atoms with Gasteiger partial charge in [-0.1, -0.05) is 6.07 Å². The fourth-order valence-corrected chi connectivity index (χ4v) is 3.16. The van der Waals surface area contributed by atoms with Gasteiger partial charge in [0.25, 0.3) is 5.91 Å². The molecule has 0 saturated carbocycles. The van der Waals surface area contributed by atoms with Crippen molar-refractivity contribution in [2.75, 3.05) is 31.2 Å². The van der Waals surface area contributed by atoms with Crippen molar-refractivity contribution >= 4 is 27.5 Å². The quantitative estimate of drug-likeness (QED) is 0.756. The van der Waals surface area contributed by atoms with Crippen molar-refractivity contribution in [2.45, 2.75) is 6.54 Å². The topological polar surface area (TPSA) is 99.7 Å². The minimum absolute atomic E-state index is 0.194. The van der Waals surface area contributed by atoms with Gasteiger partial charge < -0.3 is 10.2 Å². The number of pyridine rings is 1. The number of carbonyl (C=O) groups excluding carboxylic acids is 2. The van der Waals surface area contributed by atoms with Gasteiger partial charge in [0.15, 0.2) is 0 Å². The first-order valence-electron chi connectivity index (χ1n) is 8.14. The van der Waals surface area contributed by atoms with Gasteiger partial charge in [0.05, 0.1) is 24.2 Å². The normalized spacial score (nSPS) is 10.9. The Morgan fingerprint density at radius 2 is 1.74 bits per heavy atom. The Labute approximate surface area is 158 Å².